The molecule has 0 saturated carbocycles. The molecule has 1 aliphatic rings. The van der Waals surface area contributed by atoms with Gasteiger partial charge in [-0.3, -0.25) is 10.1 Å². The summed E-state index contributed by atoms with van der Waals surface area (Å²) >= 11 is 0. The average Bonchev–Trinajstić information content (AvgIpc) is 2.72. The highest BCUT2D eigenvalue weighted by atomic mass is 28.3. The normalized spacial score (nSPS) is 19.7. The average molecular weight is 387 g/mol. The first-order valence-corrected chi connectivity index (χ1v) is 12.9. The molecule has 0 spiro atoms. The Bertz CT molecular complexity index is 732. The third kappa shape index (κ3) is 5.64. The minimum atomic E-state index is -1.46. The summed E-state index contributed by atoms with van der Waals surface area (Å²) in [5.41, 5.74) is 3.94. The van der Waals surface area contributed by atoms with Crippen molar-refractivity contribution in [2.75, 3.05) is 0 Å². The number of hydrogen-bond donors (Lipinski definition) is 0. The second-order valence-corrected chi connectivity index (χ2v) is 14.1. The molecular formula is C20H30BNO4Si. The first-order valence-electron chi connectivity index (χ1n) is 9.30. The van der Waals surface area contributed by atoms with Gasteiger partial charge in [-0.25, -0.2) is 0 Å². The lowest BCUT2D eigenvalue weighted by Crippen LogP contribution is -2.41. The lowest BCUT2D eigenvalue weighted by molar-refractivity contribution is -0.384. The molecule has 0 atom stereocenters. The van der Waals surface area contributed by atoms with Crippen molar-refractivity contribution in [3.63, 3.8) is 0 Å². The molecule has 0 amide bonds. The molecule has 1 fully saturated rings. The van der Waals surface area contributed by atoms with E-state index in [2.05, 4.69) is 31.4 Å². The van der Waals surface area contributed by atoms with Crippen molar-refractivity contribution in [1.29, 1.82) is 0 Å². The van der Waals surface area contributed by atoms with Gasteiger partial charge in [0, 0.05) is 12.1 Å². The quantitative estimate of drug-likeness (QED) is 0.371. The van der Waals surface area contributed by atoms with Crippen LogP contribution in [-0.2, 0) is 9.31 Å². The van der Waals surface area contributed by atoms with Gasteiger partial charge in [0.15, 0.2) is 0 Å². The maximum Gasteiger partial charge on any atom is 0.486 e. The van der Waals surface area contributed by atoms with Crippen LogP contribution >= 0.6 is 0 Å². The largest absolute Gasteiger partial charge is 0.486 e. The smallest absolute Gasteiger partial charge is 0.400 e. The van der Waals surface area contributed by atoms with Crippen LogP contribution in [0.4, 0.5) is 5.69 Å². The zero-order chi connectivity index (χ0) is 20.5. The predicted octanol–water partition coefficient (Wildman–Crippen LogP) is 5.43. The Morgan fingerprint density at radius 2 is 1.63 bits per heavy atom. The number of benzene rings is 1. The van der Waals surface area contributed by atoms with Gasteiger partial charge in [0.25, 0.3) is 5.69 Å². The molecule has 0 radical (unpaired) electrons. The Labute approximate surface area is 163 Å². The number of rotatable bonds is 6. The number of allylic oxidation sites excluding steroid dienone is 2. The lowest BCUT2D eigenvalue weighted by Gasteiger charge is -2.32. The lowest BCUT2D eigenvalue weighted by atomic mass is 9.89. The SMILES string of the molecule is CC1(C)OB(/C=C/C/C(=C/[Si](C)(C)C)c2ccc([N+](=O)[O-])cc2)OC1(C)C. The zero-order valence-corrected chi connectivity index (χ0v) is 18.4. The second kappa shape index (κ2) is 7.74. The predicted molar refractivity (Wildman–Crippen MR) is 114 cm³/mol. The van der Waals surface area contributed by atoms with Crippen LogP contribution in [0.3, 0.4) is 0 Å². The minimum absolute atomic E-state index is 0.110. The Hall–Kier alpha value is -1.70. The highest BCUT2D eigenvalue weighted by molar-refractivity contribution is 6.81. The summed E-state index contributed by atoms with van der Waals surface area (Å²) in [6.45, 7) is 15.0. The van der Waals surface area contributed by atoms with Gasteiger partial charge >= 0.3 is 7.12 Å². The maximum absolute atomic E-state index is 10.9. The summed E-state index contributed by atoms with van der Waals surface area (Å²) in [6, 6.07) is 6.77. The van der Waals surface area contributed by atoms with E-state index in [4.69, 9.17) is 9.31 Å². The number of hydrogen-bond acceptors (Lipinski definition) is 4. The summed E-state index contributed by atoms with van der Waals surface area (Å²) in [6.07, 6.45) is 2.79. The van der Waals surface area contributed by atoms with Gasteiger partial charge in [0.1, 0.15) is 0 Å². The molecule has 2 rings (SSSR count). The van der Waals surface area contributed by atoms with E-state index < -0.39 is 8.07 Å². The molecule has 0 bridgehead atoms. The molecule has 0 aliphatic carbocycles. The van der Waals surface area contributed by atoms with Gasteiger partial charge in [0.2, 0.25) is 0 Å². The molecular weight excluding hydrogens is 357 g/mol. The summed E-state index contributed by atoms with van der Waals surface area (Å²) in [4.78, 5) is 10.5. The Balaban J connectivity index is 2.17. The van der Waals surface area contributed by atoms with Crippen LogP contribution in [-0.4, -0.2) is 31.3 Å². The van der Waals surface area contributed by atoms with Crippen LogP contribution in [0.25, 0.3) is 5.57 Å². The summed E-state index contributed by atoms with van der Waals surface area (Å²) in [5, 5.41) is 10.9. The van der Waals surface area contributed by atoms with Gasteiger partial charge < -0.3 is 9.31 Å². The third-order valence-corrected chi connectivity index (χ3v) is 6.17. The van der Waals surface area contributed by atoms with Gasteiger partial charge in [-0.15, -0.1) is 0 Å². The van der Waals surface area contributed by atoms with Crippen molar-refractivity contribution < 1.29 is 14.2 Å². The minimum Gasteiger partial charge on any atom is -0.400 e. The first-order chi connectivity index (χ1) is 12.3. The molecule has 1 aromatic rings. The van der Waals surface area contributed by atoms with Crippen molar-refractivity contribution >= 4 is 26.5 Å². The van der Waals surface area contributed by atoms with Crippen LogP contribution in [0.1, 0.15) is 39.7 Å². The van der Waals surface area contributed by atoms with Crippen LogP contribution < -0.4 is 0 Å². The number of nitro benzene ring substituents is 1. The van der Waals surface area contributed by atoms with Crippen molar-refractivity contribution in [2.24, 2.45) is 0 Å². The third-order valence-electron chi connectivity index (χ3n) is 4.96. The van der Waals surface area contributed by atoms with E-state index in [9.17, 15) is 10.1 Å². The van der Waals surface area contributed by atoms with Gasteiger partial charge in [-0.2, -0.15) is 0 Å². The molecule has 1 heterocycles. The van der Waals surface area contributed by atoms with Crippen LogP contribution in [0.15, 0.2) is 42.0 Å². The topological polar surface area (TPSA) is 61.6 Å². The van der Waals surface area contributed by atoms with Gasteiger partial charge in [-0.1, -0.05) is 37.4 Å². The second-order valence-electron chi connectivity index (χ2n) is 9.10. The summed E-state index contributed by atoms with van der Waals surface area (Å²) < 4.78 is 12.0. The van der Waals surface area contributed by atoms with Crippen LogP contribution in [0, 0.1) is 10.1 Å². The van der Waals surface area contributed by atoms with Crippen LogP contribution in [0.5, 0.6) is 0 Å². The fourth-order valence-electron chi connectivity index (χ4n) is 2.85. The number of nitrogens with zero attached hydrogens (tertiary/aromatic N) is 1. The molecule has 1 aliphatic heterocycles. The van der Waals surface area contributed by atoms with E-state index in [0.29, 0.717) is 0 Å². The summed E-state index contributed by atoms with van der Waals surface area (Å²) in [7, 11) is -1.82. The van der Waals surface area contributed by atoms with E-state index in [1.807, 2.05) is 45.8 Å². The standard InChI is InChI=1S/C20H30BNO4Si/c1-19(2)20(3,4)26-21(25-19)14-8-9-17(15-27(5,6)7)16-10-12-18(13-11-16)22(23)24/h8,10-15H,9H2,1-7H3/b14-8+,17-15-. The first kappa shape index (κ1) is 21.6. The molecule has 1 saturated heterocycles. The Morgan fingerprint density at radius 3 is 2.07 bits per heavy atom. The molecule has 1 aromatic carbocycles. The highest BCUT2D eigenvalue weighted by Crippen LogP contribution is 2.37. The van der Waals surface area contributed by atoms with E-state index in [1.54, 1.807) is 12.1 Å². The monoisotopic (exact) mass is 387 g/mol. The molecule has 0 aromatic heterocycles. The van der Waals surface area contributed by atoms with Gasteiger partial charge in [-0.05, 0) is 57.4 Å². The van der Waals surface area contributed by atoms with Crippen molar-refractivity contribution in [3.8, 4) is 0 Å². The molecule has 0 N–H and O–H groups in total. The number of non-ortho nitro benzene ring substituents is 1. The molecule has 7 heteroatoms. The zero-order valence-electron chi connectivity index (χ0n) is 17.4. The fraction of sp³-hybridized carbons (Fsp3) is 0.500. The molecule has 5 nitrogen and oxygen atoms in total. The Morgan fingerprint density at radius 1 is 1.11 bits per heavy atom. The van der Waals surface area contributed by atoms with Crippen molar-refractivity contribution in [2.45, 2.75) is 65.0 Å². The summed E-state index contributed by atoms with van der Waals surface area (Å²) in [5.74, 6) is 1.96. The molecule has 146 valence electrons. The van der Waals surface area contributed by atoms with Crippen molar-refractivity contribution in [1.82, 2.24) is 0 Å². The Kier molecular flexibility index (Phi) is 6.19. The van der Waals surface area contributed by atoms with E-state index in [1.165, 1.54) is 5.57 Å². The van der Waals surface area contributed by atoms with E-state index in [-0.39, 0.29) is 28.9 Å². The highest BCUT2D eigenvalue weighted by Gasteiger charge is 2.49. The number of nitro groups is 1. The fourth-order valence-corrected chi connectivity index (χ4v) is 4.18. The van der Waals surface area contributed by atoms with Crippen molar-refractivity contribution in [3.05, 3.63) is 57.7 Å². The van der Waals surface area contributed by atoms with E-state index >= 15 is 0 Å². The van der Waals surface area contributed by atoms with E-state index in [0.717, 1.165) is 12.0 Å². The molecule has 27 heavy (non-hydrogen) atoms. The maximum atomic E-state index is 10.9. The van der Waals surface area contributed by atoms with Gasteiger partial charge in [0.05, 0.1) is 24.2 Å². The van der Waals surface area contributed by atoms with Crippen LogP contribution in [0.2, 0.25) is 19.6 Å². The molecule has 0 unspecified atom stereocenters.